The predicted molar refractivity (Wildman–Crippen MR) is 81.8 cm³/mol. The van der Waals surface area contributed by atoms with Gasteiger partial charge in [0.1, 0.15) is 0 Å². The molecule has 1 aromatic rings. The zero-order valence-electron chi connectivity index (χ0n) is 12.4. The fourth-order valence-electron chi connectivity index (χ4n) is 3.89. The van der Waals surface area contributed by atoms with Crippen LogP contribution < -0.4 is 5.32 Å². The van der Waals surface area contributed by atoms with Crippen LogP contribution in [0.5, 0.6) is 0 Å². The third-order valence-electron chi connectivity index (χ3n) is 4.81. The molecule has 0 spiro atoms. The second-order valence-corrected chi connectivity index (χ2v) is 6.03. The molecule has 3 atom stereocenters. The van der Waals surface area contributed by atoms with Crippen LogP contribution in [-0.4, -0.2) is 43.8 Å². The van der Waals surface area contributed by atoms with Crippen molar-refractivity contribution in [3.63, 3.8) is 0 Å². The standard InChI is InChI=1S/C17H26N2O/c1-20-13-17(14-7-3-2-4-8-14)19-12-6-10-16(19)15-9-5-11-18-15/h2-4,7-8,15-18H,5-6,9-13H2,1H3. The molecule has 110 valence electrons. The molecule has 0 aromatic heterocycles. The fourth-order valence-corrected chi connectivity index (χ4v) is 3.89. The lowest BCUT2D eigenvalue weighted by Crippen LogP contribution is -2.46. The minimum atomic E-state index is 0.399. The molecular weight excluding hydrogens is 248 g/mol. The van der Waals surface area contributed by atoms with Gasteiger partial charge in [-0.25, -0.2) is 0 Å². The number of nitrogens with one attached hydrogen (secondary N) is 1. The molecule has 3 heteroatoms. The third-order valence-corrected chi connectivity index (χ3v) is 4.81. The Morgan fingerprint density at radius 1 is 1.25 bits per heavy atom. The lowest BCUT2D eigenvalue weighted by atomic mass is 10.00. The Bertz CT molecular complexity index is 403. The number of hydrogen-bond acceptors (Lipinski definition) is 3. The summed E-state index contributed by atoms with van der Waals surface area (Å²) < 4.78 is 5.52. The van der Waals surface area contributed by atoms with Crippen LogP contribution in [0.1, 0.15) is 37.3 Å². The highest BCUT2D eigenvalue weighted by Crippen LogP contribution is 2.33. The molecule has 3 rings (SSSR count). The molecule has 20 heavy (non-hydrogen) atoms. The van der Waals surface area contributed by atoms with Crippen molar-refractivity contribution in [1.29, 1.82) is 0 Å². The number of benzene rings is 1. The molecule has 2 saturated heterocycles. The summed E-state index contributed by atoms with van der Waals surface area (Å²) in [6.07, 6.45) is 5.30. The first-order valence-electron chi connectivity index (χ1n) is 7.93. The monoisotopic (exact) mass is 274 g/mol. The van der Waals surface area contributed by atoms with Crippen molar-refractivity contribution in [2.45, 2.75) is 43.8 Å². The topological polar surface area (TPSA) is 24.5 Å². The van der Waals surface area contributed by atoms with Crippen LogP contribution in [0, 0.1) is 0 Å². The normalized spacial score (nSPS) is 28.9. The Labute approximate surface area is 122 Å². The smallest absolute Gasteiger partial charge is 0.0659 e. The molecule has 1 aromatic carbocycles. The molecule has 3 nitrogen and oxygen atoms in total. The number of methoxy groups -OCH3 is 1. The summed E-state index contributed by atoms with van der Waals surface area (Å²) >= 11 is 0. The molecule has 3 unspecified atom stereocenters. The van der Waals surface area contributed by atoms with E-state index in [9.17, 15) is 0 Å². The van der Waals surface area contributed by atoms with Gasteiger partial charge >= 0.3 is 0 Å². The predicted octanol–water partition coefficient (Wildman–Crippen LogP) is 2.59. The number of ether oxygens (including phenoxy) is 1. The van der Waals surface area contributed by atoms with Gasteiger partial charge in [0, 0.05) is 19.2 Å². The van der Waals surface area contributed by atoms with E-state index in [4.69, 9.17) is 4.74 Å². The summed E-state index contributed by atoms with van der Waals surface area (Å²) in [5.41, 5.74) is 1.39. The molecule has 0 radical (unpaired) electrons. The van der Waals surface area contributed by atoms with Crippen LogP contribution in [0.4, 0.5) is 0 Å². The number of nitrogens with zero attached hydrogens (tertiary/aromatic N) is 1. The molecule has 2 fully saturated rings. The maximum atomic E-state index is 5.52. The Hall–Kier alpha value is -0.900. The Morgan fingerprint density at radius 3 is 2.80 bits per heavy atom. The van der Waals surface area contributed by atoms with Gasteiger partial charge in [0.05, 0.1) is 12.6 Å². The van der Waals surface area contributed by atoms with Crippen LogP contribution in [0.25, 0.3) is 0 Å². The first kappa shape index (κ1) is 14.1. The fraction of sp³-hybridized carbons (Fsp3) is 0.647. The Morgan fingerprint density at radius 2 is 2.10 bits per heavy atom. The quantitative estimate of drug-likeness (QED) is 0.893. The van der Waals surface area contributed by atoms with E-state index >= 15 is 0 Å². The maximum Gasteiger partial charge on any atom is 0.0659 e. The van der Waals surface area contributed by atoms with Crippen LogP contribution >= 0.6 is 0 Å². The van der Waals surface area contributed by atoms with E-state index in [1.807, 2.05) is 7.11 Å². The van der Waals surface area contributed by atoms with Gasteiger partial charge in [-0.2, -0.15) is 0 Å². The van der Waals surface area contributed by atoms with E-state index < -0.39 is 0 Å². The van der Waals surface area contributed by atoms with Crippen molar-refractivity contribution < 1.29 is 4.74 Å². The van der Waals surface area contributed by atoms with Gasteiger partial charge in [-0.1, -0.05) is 30.3 Å². The molecule has 0 saturated carbocycles. The minimum absolute atomic E-state index is 0.399. The van der Waals surface area contributed by atoms with Crippen LogP contribution in [0.3, 0.4) is 0 Å². The Balaban J connectivity index is 1.79. The number of hydrogen-bond donors (Lipinski definition) is 1. The lowest BCUT2D eigenvalue weighted by Gasteiger charge is -2.36. The number of rotatable bonds is 5. The second-order valence-electron chi connectivity index (χ2n) is 6.03. The molecule has 0 aliphatic carbocycles. The minimum Gasteiger partial charge on any atom is -0.383 e. The van der Waals surface area contributed by atoms with E-state index in [1.54, 1.807) is 0 Å². The average Bonchev–Trinajstić information content (AvgIpc) is 3.16. The first-order valence-corrected chi connectivity index (χ1v) is 7.93. The molecule has 2 aliphatic rings. The highest BCUT2D eigenvalue weighted by molar-refractivity contribution is 5.20. The first-order chi connectivity index (χ1) is 9.90. The van der Waals surface area contributed by atoms with E-state index in [0.717, 1.165) is 6.61 Å². The zero-order valence-corrected chi connectivity index (χ0v) is 12.4. The van der Waals surface area contributed by atoms with E-state index in [1.165, 1.54) is 44.3 Å². The van der Waals surface area contributed by atoms with Gasteiger partial charge < -0.3 is 10.1 Å². The van der Waals surface area contributed by atoms with E-state index in [0.29, 0.717) is 18.1 Å². The van der Waals surface area contributed by atoms with Crippen molar-refractivity contribution in [3.05, 3.63) is 35.9 Å². The molecule has 0 amide bonds. The number of likely N-dealkylation sites (tertiary alicyclic amines) is 1. The molecule has 0 bridgehead atoms. The van der Waals surface area contributed by atoms with Gasteiger partial charge in [0.15, 0.2) is 0 Å². The van der Waals surface area contributed by atoms with Gasteiger partial charge in [-0.3, -0.25) is 4.90 Å². The van der Waals surface area contributed by atoms with Crippen molar-refractivity contribution >= 4 is 0 Å². The van der Waals surface area contributed by atoms with Crippen LogP contribution in [-0.2, 0) is 4.74 Å². The maximum absolute atomic E-state index is 5.52. The lowest BCUT2D eigenvalue weighted by molar-refractivity contribution is 0.0718. The summed E-state index contributed by atoms with van der Waals surface area (Å²) in [5.74, 6) is 0. The van der Waals surface area contributed by atoms with Crippen LogP contribution in [0.2, 0.25) is 0 Å². The van der Waals surface area contributed by atoms with E-state index in [2.05, 4.69) is 40.5 Å². The van der Waals surface area contributed by atoms with Crippen LogP contribution in [0.15, 0.2) is 30.3 Å². The van der Waals surface area contributed by atoms with Crippen molar-refractivity contribution in [2.24, 2.45) is 0 Å². The Kier molecular flexibility index (Phi) is 4.71. The average molecular weight is 274 g/mol. The SMILES string of the molecule is COCC(c1ccccc1)N1CCCC1C1CCCN1. The summed E-state index contributed by atoms with van der Waals surface area (Å²) in [4.78, 5) is 2.68. The summed E-state index contributed by atoms with van der Waals surface area (Å²) in [5, 5.41) is 3.69. The van der Waals surface area contributed by atoms with Gasteiger partial charge in [-0.15, -0.1) is 0 Å². The van der Waals surface area contributed by atoms with Gasteiger partial charge in [0.25, 0.3) is 0 Å². The van der Waals surface area contributed by atoms with Crippen molar-refractivity contribution in [1.82, 2.24) is 10.2 Å². The largest absolute Gasteiger partial charge is 0.383 e. The highest BCUT2D eigenvalue weighted by Gasteiger charge is 2.37. The zero-order chi connectivity index (χ0) is 13.8. The molecule has 1 N–H and O–H groups in total. The molecule has 2 aliphatic heterocycles. The third kappa shape index (κ3) is 2.90. The summed E-state index contributed by atoms with van der Waals surface area (Å²) in [6.45, 7) is 3.17. The van der Waals surface area contributed by atoms with Crippen molar-refractivity contribution in [2.75, 3.05) is 26.8 Å². The molecule has 2 heterocycles. The van der Waals surface area contributed by atoms with Gasteiger partial charge in [0.2, 0.25) is 0 Å². The van der Waals surface area contributed by atoms with Gasteiger partial charge in [-0.05, 0) is 44.3 Å². The highest BCUT2D eigenvalue weighted by atomic mass is 16.5. The summed E-state index contributed by atoms with van der Waals surface area (Å²) in [6, 6.07) is 12.6. The van der Waals surface area contributed by atoms with Crippen molar-refractivity contribution in [3.8, 4) is 0 Å². The second kappa shape index (κ2) is 6.70. The van der Waals surface area contributed by atoms with E-state index in [-0.39, 0.29) is 0 Å². The summed E-state index contributed by atoms with van der Waals surface area (Å²) in [7, 11) is 1.81. The molecular formula is C17H26N2O.